The van der Waals surface area contributed by atoms with E-state index in [0.29, 0.717) is 18.1 Å². The Labute approximate surface area is 138 Å². The molecule has 2 atom stereocenters. The number of hydrogen-bond donors (Lipinski definition) is 1. The van der Waals surface area contributed by atoms with Crippen LogP contribution in [0.1, 0.15) is 39.3 Å². The highest BCUT2D eigenvalue weighted by molar-refractivity contribution is 5.85. The molecular weight excluding hydrogens is 298 g/mol. The fourth-order valence-corrected chi connectivity index (χ4v) is 3.00. The van der Waals surface area contributed by atoms with E-state index in [0.717, 1.165) is 30.7 Å². The molecule has 6 heteroatoms. The van der Waals surface area contributed by atoms with Crippen LogP contribution in [0.4, 0.5) is 0 Å². The molecule has 2 aromatic heterocycles. The van der Waals surface area contributed by atoms with Gasteiger partial charge in [-0.3, -0.25) is 4.90 Å². The molecule has 1 aliphatic rings. The zero-order valence-electron chi connectivity index (χ0n) is 13.8. The highest BCUT2D eigenvalue weighted by Crippen LogP contribution is 2.19. The Bertz CT molecular complexity index is 624. The van der Waals surface area contributed by atoms with E-state index in [-0.39, 0.29) is 12.4 Å². The van der Waals surface area contributed by atoms with Gasteiger partial charge in [-0.25, -0.2) is 9.67 Å². The van der Waals surface area contributed by atoms with E-state index < -0.39 is 0 Å². The number of aromatic nitrogens is 3. The summed E-state index contributed by atoms with van der Waals surface area (Å²) in [5, 5.41) is 9.10. The van der Waals surface area contributed by atoms with Crippen molar-refractivity contribution < 1.29 is 0 Å². The third kappa shape index (κ3) is 3.42. The molecule has 1 fully saturated rings. The number of hydrogen-bond acceptors (Lipinski definition) is 4. The van der Waals surface area contributed by atoms with E-state index in [4.69, 9.17) is 0 Å². The summed E-state index contributed by atoms with van der Waals surface area (Å²) in [7, 11) is 0. The van der Waals surface area contributed by atoms with Crippen molar-refractivity contribution in [1.82, 2.24) is 25.0 Å². The number of halogens is 1. The summed E-state index contributed by atoms with van der Waals surface area (Å²) in [5.41, 5.74) is 2.25. The van der Waals surface area contributed by atoms with E-state index >= 15 is 0 Å². The Hall–Kier alpha value is -1.17. The molecule has 1 N–H and O–H groups in total. The molecule has 2 aromatic rings. The normalized spacial score (nSPS) is 23.0. The summed E-state index contributed by atoms with van der Waals surface area (Å²) in [6, 6.07) is 3.69. The SMILES string of the molecule is CC1CN(Cc2cnc3c(cnn3C(C)C)c2)C(C)CN1.Cl. The lowest BCUT2D eigenvalue weighted by Crippen LogP contribution is -2.53. The second kappa shape index (κ2) is 6.94. The average molecular weight is 324 g/mol. The molecule has 122 valence electrons. The molecule has 0 aliphatic carbocycles. The van der Waals surface area contributed by atoms with Gasteiger partial charge in [-0.15, -0.1) is 12.4 Å². The van der Waals surface area contributed by atoms with Crippen LogP contribution in [-0.2, 0) is 6.54 Å². The zero-order chi connectivity index (χ0) is 15.0. The van der Waals surface area contributed by atoms with Gasteiger partial charge in [-0.1, -0.05) is 0 Å². The van der Waals surface area contributed by atoms with Crippen molar-refractivity contribution in [3.8, 4) is 0 Å². The van der Waals surface area contributed by atoms with Crippen molar-refractivity contribution >= 4 is 23.4 Å². The maximum Gasteiger partial charge on any atom is 0.157 e. The van der Waals surface area contributed by atoms with Crippen LogP contribution in [0.2, 0.25) is 0 Å². The van der Waals surface area contributed by atoms with E-state index in [1.54, 1.807) is 0 Å². The molecular formula is C16H26ClN5. The maximum absolute atomic E-state index is 4.63. The van der Waals surface area contributed by atoms with E-state index in [2.05, 4.69) is 54.1 Å². The smallest absolute Gasteiger partial charge is 0.157 e. The molecule has 1 saturated heterocycles. The quantitative estimate of drug-likeness (QED) is 0.943. The average Bonchev–Trinajstić information content (AvgIpc) is 2.86. The summed E-state index contributed by atoms with van der Waals surface area (Å²) >= 11 is 0. The minimum Gasteiger partial charge on any atom is -0.311 e. The first kappa shape index (κ1) is 17.2. The van der Waals surface area contributed by atoms with Gasteiger partial charge in [0.2, 0.25) is 0 Å². The van der Waals surface area contributed by atoms with Crippen molar-refractivity contribution in [1.29, 1.82) is 0 Å². The Kier molecular flexibility index (Phi) is 5.42. The number of nitrogens with one attached hydrogen (secondary N) is 1. The number of pyridine rings is 1. The van der Waals surface area contributed by atoms with Gasteiger partial charge < -0.3 is 5.32 Å². The highest BCUT2D eigenvalue weighted by Gasteiger charge is 2.22. The molecule has 3 rings (SSSR count). The van der Waals surface area contributed by atoms with Crippen LogP contribution < -0.4 is 5.32 Å². The molecule has 22 heavy (non-hydrogen) atoms. The minimum absolute atomic E-state index is 0. The van der Waals surface area contributed by atoms with Crippen molar-refractivity contribution in [2.24, 2.45) is 0 Å². The van der Waals surface area contributed by atoms with Crippen LogP contribution in [0.15, 0.2) is 18.5 Å². The lowest BCUT2D eigenvalue weighted by atomic mass is 10.1. The Balaban J connectivity index is 0.00000176. The van der Waals surface area contributed by atoms with Crippen LogP contribution in [0.25, 0.3) is 11.0 Å². The summed E-state index contributed by atoms with van der Waals surface area (Å²) in [4.78, 5) is 7.15. The highest BCUT2D eigenvalue weighted by atomic mass is 35.5. The van der Waals surface area contributed by atoms with Crippen LogP contribution in [0, 0.1) is 0 Å². The standard InChI is InChI=1S/C16H25N5.ClH/c1-11(2)21-16-15(8-19-21)5-14(7-18-16)10-20-9-12(3)17-6-13(20)4;/h5,7-8,11-13,17H,6,9-10H2,1-4H3;1H. The fraction of sp³-hybridized carbons (Fsp3) is 0.625. The lowest BCUT2D eigenvalue weighted by molar-refractivity contribution is 0.139. The first-order valence-electron chi connectivity index (χ1n) is 7.84. The lowest BCUT2D eigenvalue weighted by Gasteiger charge is -2.37. The van der Waals surface area contributed by atoms with Gasteiger partial charge in [0.15, 0.2) is 5.65 Å². The first-order chi connectivity index (χ1) is 10.0. The fourth-order valence-electron chi connectivity index (χ4n) is 3.00. The van der Waals surface area contributed by atoms with Crippen LogP contribution in [-0.4, -0.2) is 44.8 Å². The molecule has 0 spiro atoms. The predicted octanol–water partition coefficient (Wildman–Crippen LogP) is 2.62. The molecule has 3 heterocycles. The van der Waals surface area contributed by atoms with Crippen molar-refractivity contribution in [2.75, 3.05) is 13.1 Å². The zero-order valence-corrected chi connectivity index (χ0v) is 14.6. The first-order valence-corrected chi connectivity index (χ1v) is 7.84. The van der Waals surface area contributed by atoms with E-state index in [9.17, 15) is 0 Å². The molecule has 0 radical (unpaired) electrons. The van der Waals surface area contributed by atoms with Gasteiger partial charge in [0.25, 0.3) is 0 Å². The van der Waals surface area contributed by atoms with E-state index in [1.807, 2.05) is 17.1 Å². The van der Waals surface area contributed by atoms with Crippen molar-refractivity contribution in [3.05, 3.63) is 24.0 Å². The van der Waals surface area contributed by atoms with Gasteiger partial charge in [-0.05, 0) is 39.3 Å². The molecule has 5 nitrogen and oxygen atoms in total. The second-order valence-electron chi connectivity index (χ2n) is 6.53. The molecule has 1 aliphatic heterocycles. The van der Waals surface area contributed by atoms with Gasteiger partial charge in [0.05, 0.1) is 6.20 Å². The van der Waals surface area contributed by atoms with Gasteiger partial charge in [-0.2, -0.15) is 5.10 Å². The topological polar surface area (TPSA) is 46.0 Å². The summed E-state index contributed by atoms with van der Waals surface area (Å²) in [6.07, 6.45) is 3.93. The second-order valence-corrected chi connectivity index (χ2v) is 6.53. The summed E-state index contributed by atoms with van der Waals surface area (Å²) in [5.74, 6) is 0. The van der Waals surface area contributed by atoms with Gasteiger partial charge >= 0.3 is 0 Å². The van der Waals surface area contributed by atoms with Crippen LogP contribution in [0.5, 0.6) is 0 Å². The third-order valence-electron chi connectivity index (χ3n) is 4.26. The van der Waals surface area contributed by atoms with Crippen molar-refractivity contribution in [2.45, 2.75) is 52.4 Å². The number of nitrogens with zero attached hydrogens (tertiary/aromatic N) is 4. The summed E-state index contributed by atoms with van der Waals surface area (Å²) < 4.78 is 1.98. The Morgan fingerprint density at radius 3 is 2.82 bits per heavy atom. The maximum atomic E-state index is 4.63. The van der Waals surface area contributed by atoms with Crippen molar-refractivity contribution in [3.63, 3.8) is 0 Å². The third-order valence-corrected chi connectivity index (χ3v) is 4.26. The van der Waals surface area contributed by atoms with E-state index in [1.165, 1.54) is 5.56 Å². The minimum atomic E-state index is 0. The molecule has 0 aromatic carbocycles. The number of fused-ring (bicyclic) bond motifs is 1. The van der Waals surface area contributed by atoms with Gasteiger partial charge in [0.1, 0.15) is 0 Å². The Morgan fingerprint density at radius 1 is 1.32 bits per heavy atom. The summed E-state index contributed by atoms with van der Waals surface area (Å²) in [6.45, 7) is 11.9. The molecule has 0 amide bonds. The largest absolute Gasteiger partial charge is 0.311 e. The number of piperazine rings is 1. The Morgan fingerprint density at radius 2 is 2.09 bits per heavy atom. The predicted molar refractivity (Wildman–Crippen MR) is 92.5 cm³/mol. The van der Waals surface area contributed by atoms with Crippen LogP contribution in [0.3, 0.4) is 0 Å². The monoisotopic (exact) mass is 323 g/mol. The number of rotatable bonds is 3. The molecule has 0 saturated carbocycles. The van der Waals surface area contributed by atoms with Crippen LogP contribution >= 0.6 is 12.4 Å². The van der Waals surface area contributed by atoms with Gasteiger partial charge in [0, 0.05) is 49.3 Å². The molecule has 0 bridgehead atoms. The molecule has 2 unspecified atom stereocenters.